The van der Waals surface area contributed by atoms with Crippen molar-refractivity contribution in [1.29, 1.82) is 0 Å². The van der Waals surface area contributed by atoms with E-state index < -0.39 is 0 Å². The second-order valence-corrected chi connectivity index (χ2v) is 7.06. The summed E-state index contributed by atoms with van der Waals surface area (Å²) >= 11 is 3.10. The number of nitrogens with one attached hydrogen (secondary N) is 1. The smallest absolute Gasteiger partial charge is 0.252 e. The van der Waals surface area contributed by atoms with Crippen LogP contribution in [0.2, 0.25) is 0 Å². The minimum atomic E-state index is -0.172. The molecule has 0 aromatic carbocycles. The minimum Gasteiger partial charge on any atom is -0.384 e. The van der Waals surface area contributed by atoms with Gasteiger partial charge < -0.3 is 10.4 Å². The molecule has 0 fully saturated rings. The van der Waals surface area contributed by atoms with Crippen LogP contribution in [0.1, 0.15) is 34.0 Å². The molecule has 2 N–H and O–H groups in total. The van der Waals surface area contributed by atoms with Gasteiger partial charge in [0, 0.05) is 22.2 Å². The zero-order chi connectivity index (χ0) is 15.3. The number of aliphatic hydroxyl groups excluding tert-OH is 1. The fraction of sp³-hybridized carbons (Fsp3) is 0.312. The van der Waals surface area contributed by atoms with E-state index in [-0.39, 0.29) is 17.9 Å². The zero-order valence-electron chi connectivity index (χ0n) is 12.0. The van der Waals surface area contributed by atoms with Crippen molar-refractivity contribution in [3.8, 4) is 11.8 Å². The maximum atomic E-state index is 12.1. The Balaban J connectivity index is 1.97. The summed E-state index contributed by atoms with van der Waals surface area (Å²) in [5, 5.41) is 15.5. The van der Waals surface area contributed by atoms with Crippen molar-refractivity contribution in [3.63, 3.8) is 0 Å². The molecule has 3 nitrogen and oxygen atoms in total. The molecule has 0 atom stereocenters. The van der Waals surface area contributed by atoms with Gasteiger partial charge in [-0.15, -0.1) is 22.7 Å². The Morgan fingerprint density at radius 3 is 2.90 bits per heavy atom. The Kier molecular flexibility index (Phi) is 5.18. The molecule has 2 aromatic heterocycles. The number of carbonyl (C=O) groups is 1. The summed E-state index contributed by atoms with van der Waals surface area (Å²) in [5.74, 6) is 5.29. The van der Waals surface area contributed by atoms with Gasteiger partial charge in [0.15, 0.2) is 0 Å². The van der Waals surface area contributed by atoms with Crippen molar-refractivity contribution in [2.45, 2.75) is 19.3 Å². The highest BCUT2D eigenvalue weighted by Crippen LogP contribution is 2.26. The van der Waals surface area contributed by atoms with Gasteiger partial charge in [0.1, 0.15) is 6.61 Å². The number of hydrogen-bond acceptors (Lipinski definition) is 4. The van der Waals surface area contributed by atoms with Crippen molar-refractivity contribution >= 4 is 28.6 Å². The lowest BCUT2D eigenvalue weighted by molar-refractivity contribution is 0.0946. The van der Waals surface area contributed by atoms with Crippen LogP contribution < -0.4 is 5.32 Å². The maximum absolute atomic E-state index is 12.1. The van der Waals surface area contributed by atoms with Gasteiger partial charge >= 0.3 is 0 Å². The summed E-state index contributed by atoms with van der Waals surface area (Å²) in [5.41, 5.74) is 0.531. The first-order valence-corrected chi connectivity index (χ1v) is 8.29. The summed E-state index contributed by atoms with van der Waals surface area (Å²) in [6.07, 6.45) is 0. The summed E-state index contributed by atoms with van der Waals surface area (Å²) in [4.78, 5) is 14.2. The number of thiophene rings is 2. The molecule has 0 saturated heterocycles. The van der Waals surface area contributed by atoms with Gasteiger partial charge in [0.25, 0.3) is 5.91 Å². The molecule has 0 saturated carbocycles. The van der Waals surface area contributed by atoms with E-state index >= 15 is 0 Å². The normalized spacial score (nSPS) is 10.8. The van der Waals surface area contributed by atoms with Crippen molar-refractivity contribution in [3.05, 3.63) is 44.3 Å². The molecule has 5 heteroatoms. The Bertz CT molecular complexity index is 660. The van der Waals surface area contributed by atoms with Crippen LogP contribution in [-0.2, 0) is 5.41 Å². The number of carbonyl (C=O) groups excluding carboxylic acids is 1. The van der Waals surface area contributed by atoms with E-state index in [1.165, 1.54) is 16.2 Å². The van der Waals surface area contributed by atoms with Crippen LogP contribution in [0.5, 0.6) is 0 Å². The Morgan fingerprint density at radius 2 is 2.24 bits per heavy atom. The number of hydrogen-bond donors (Lipinski definition) is 2. The molecule has 0 aliphatic carbocycles. The topological polar surface area (TPSA) is 49.3 Å². The molecule has 110 valence electrons. The number of aliphatic hydroxyl groups is 1. The van der Waals surface area contributed by atoms with E-state index in [2.05, 4.69) is 37.1 Å². The molecule has 0 radical (unpaired) electrons. The third kappa shape index (κ3) is 4.18. The molecular weight excluding hydrogens is 302 g/mol. The minimum absolute atomic E-state index is 0.0840. The first-order chi connectivity index (χ1) is 10.0. The zero-order valence-corrected chi connectivity index (χ0v) is 13.6. The molecule has 21 heavy (non-hydrogen) atoms. The highest BCUT2D eigenvalue weighted by molar-refractivity contribution is 7.10. The molecule has 0 bridgehead atoms. The standard InChI is InChI=1S/C16H17NO2S2/c1-16(2,14-6-4-8-20-14)11-17-15(19)12-9-13(21-10-12)5-3-7-18/h4,6,8-10,18H,7,11H2,1-2H3,(H,17,19). The SMILES string of the molecule is CC(C)(CNC(=O)c1csc(C#CCO)c1)c1cccs1. The third-order valence-electron chi connectivity index (χ3n) is 3.03. The van der Waals surface area contributed by atoms with Gasteiger partial charge in [0.2, 0.25) is 0 Å². The van der Waals surface area contributed by atoms with Gasteiger partial charge in [-0.3, -0.25) is 4.79 Å². The Morgan fingerprint density at radius 1 is 1.43 bits per heavy atom. The van der Waals surface area contributed by atoms with Gasteiger partial charge in [-0.05, 0) is 17.5 Å². The molecule has 0 unspecified atom stereocenters. The molecule has 2 rings (SSSR count). The van der Waals surface area contributed by atoms with Gasteiger partial charge in [-0.2, -0.15) is 0 Å². The maximum Gasteiger partial charge on any atom is 0.252 e. The summed E-state index contributed by atoms with van der Waals surface area (Å²) in [6, 6.07) is 5.86. The van der Waals surface area contributed by atoms with E-state index in [4.69, 9.17) is 5.11 Å². The third-order valence-corrected chi connectivity index (χ3v) is 5.11. The summed E-state index contributed by atoms with van der Waals surface area (Å²) in [7, 11) is 0. The van der Waals surface area contributed by atoms with Gasteiger partial charge in [-0.25, -0.2) is 0 Å². The Labute approximate surface area is 132 Å². The second kappa shape index (κ2) is 6.90. The van der Waals surface area contributed by atoms with E-state index in [0.717, 1.165) is 4.88 Å². The van der Waals surface area contributed by atoms with Crippen LogP contribution in [0, 0.1) is 11.8 Å². The molecule has 2 aromatic rings. The quantitative estimate of drug-likeness (QED) is 0.851. The molecule has 0 spiro atoms. The monoisotopic (exact) mass is 319 g/mol. The van der Waals surface area contributed by atoms with Gasteiger partial charge in [0.05, 0.1) is 10.4 Å². The number of amides is 1. The average molecular weight is 319 g/mol. The van der Waals surface area contributed by atoms with Crippen LogP contribution in [0.25, 0.3) is 0 Å². The van der Waals surface area contributed by atoms with Crippen LogP contribution in [0.3, 0.4) is 0 Å². The first kappa shape index (κ1) is 15.8. The molecular formula is C16H17NO2S2. The van der Waals surface area contributed by atoms with E-state index in [1.54, 1.807) is 22.8 Å². The lowest BCUT2D eigenvalue weighted by Gasteiger charge is -2.23. The second-order valence-electron chi connectivity index (χ2n) is 5.20. The fourth-order valence-corrected chi connectivity index (χ4v) is 3.41. The predicted molar refractivity (Wildman–Crippen MR) is 88.0 cm³/mol. The molecule has 2 heterocycles. The fourth-order valence-electron chi connectivity index (χ4n) is 1.80. The lowest BCUT2D eigenvalue weighted by Crippen LogP contribution is -2.36. The molecule has 0 aliphatic rings. The highest BCUT2D eigenvalue weighted by Gasteiger charge is 2.22. The average Bonchev–Trinajstić information content (AvgIpc) is 3.13. The number of rotatable bonds is 4. The molecule has 1 amide bonds. The van der Waals surface area contributed by atoms with Gasteiger partial charge in [-0.1, -0.05) is 31.8 Å². The van der Waals surface area contributed by atoms with Crippen LogP contribution in [0.4, 0.5) is 0 Å². The van der Waals surface area contributed by atoms with Crippen molar-refractivity contribution in [2.75, 3.05) is 13.2 Å². The highest BCUT2D eigenvalue weighted by atomic mass is 32.1. The predicted octanol–water partition coefficient (Wildman–Crippen LogP) is 2.86. The van der Waals surface area contributed by atoms with Crippen LogP contribution in [-0.4, -0.2) is 24.2 Å². The van der Waals surface area contributed by atoms with E-state index in [9.17, 15) is 4.79 Å². The summed E-state index contributed by atoms with van der Waals surface area (Å²) < 4.78 is 0. The van der Waals surface area contributed by atoms with Crippen molar-refractivity contribution in [2.24, 2.45) is 0 Å². The van der Waals surface area contributed by atoms with E-state index in [1.807, 2.05) is 11.4 Å². The van der Waals surface area contributed by atoms with Crippen LogP contribution >= 0.6 is 22.7 Å². The van der Waals surface area contributed by atoms with Crippen molar-refractivity contribution in [1.82, 2.24) is 5.32 Å². The van der Waals surface area contributed by atoms with Crippen LogP contribution in [0.15, 0.2) is 29.0 Å². The first-order valence-electron chi connectivity index (χ1n) is 6.53. The molecule has 0 aliphatic heterocycles. The largest absolute Gasteiger partial charge is 0.384 e. The van der Waals surface area contributed by atoms with E-state index in [0.29, 0.717) is 12.1 Å². The Hall–Kier alpha value is -1.61. The lowest BCUT2D eigenvalue weighted by atomic mass is 9.91. The van der Waals surface area contributed by atoms with Crippen molar-refractivity contribution < 1.29 is 9.90 Å². The summed E-state index contributed by atoms with van der Waals surface area (Å²) in [6.45, 7) is 4.64.